The number of rotatable bonds is 16. The molecule has 0 bridgehead atoms. The van der Waals surface area contributed by atoms with Crippen molar-refractivity contribution in [2.24, 2.45) is 0 Å². The Kier molecular flexibility index (Phi) is 19.1. The highest BCUT2D eigenvalue weighted by Gasteiger charge is 2.56. The standard InChI is InChI=1S/C36H61N3O26/c1-9(44)37-17-23(50)29(13(5-41)58-32(17)56)63-34-19(39-11(3)46)24(51)30(14(6-42)60-34)65-36-27(54)25(52)21(48)16(62-36)8-57-35-28(55)26(53)31(15(7-43)61-35)64-33-18(38-10(2)45)22(49)20(47)12(4-40)59-33/h12-36,40-43,47-56H,4-8H2,1-3H3,(H,37,44)(H,38,45)(H,39,46)/t12-,13-,14-,15-,16-,17-,18-,19-,20-,21-,22-,23-,24-,25+,26-,27+,28+,29-,30-,31-,32-,33+,34+,35+,36+/m1/s1. The lowest BCUT2D eigenvalue weighted by Crippen LogP contribution is -2.70. The number of amides is 3. The molecule has 0 aromatic carbocycles. The quantitative estimate of drug-likeness (QED) is 0.0683. The zero-order chi connectivity index (χ0) is 48.2. The molecule has 5 aliphatic rings. The third kappa shape index (κ3) is 12.0. The van der Waals surface area contributed by atoms with Crippen LogP contribution in [0.4, 0.5) is 0 Å². The van der Waals surface area contributed by atoms with Crippen molar-refractivity contribution in [2.45, 2.75) is 174 Å². The van der Waals surface area contributed by atoms with Crippen molar-refractivity contribution >= 4 is 17.7 Å². The molecule has 3 amide bonds. The fourth-order valence-corrected chi connectivity index (χ4v) is 8.15. The van der Waals surface area contributed by atoms with Crippen LogP contribution in [0.5, 0.6) is 0 Å². The van der Waals surface area contributed by atoms with Gasteiger partial charge in [-0.1, -0.05) is 0 Å². The number of aliphatic hydroxyl groups is 14. The van der Waals surface area contributed by atoms with Crippen LogP contribution in [0.2, 0.25) is 0 Å². The van der Waals surface area contributed by atoms with E-state index >= 15 is 0 Å². The summed E-state index contributed by atoms with van der Waals surface area (Å²) in [6.45, 7) is -1.11. The largest absolute Gasteiger partial charge is 0.394 e. The number of carbonyl (C=O) groups excluding carboxylic acids is 3. The van der Waals surface area contributed by atoms with Gasteiger partial charge >= 0.3 is 0 Å². The number of carbonyl (C=O) groups is 3. The zero-order valence-electron chi connectivity index (χ0n) is 35.1. The smallest absolute Gasteiger partial charge is 0.217 e. The van der Waals surface area contributed by atoms with Crippen LogP contribution in [0.3, 0.4) is 0 Å². The molecule has 0 aliphatic carbocycles. The van der Waals surface area contributed by atoms with Crippen molar-refractivity contribution < 1.29 is 129 Å². The molecule has 0 saturated carbocycles. The van der Waals surface area contributed by atoms with E-state index in [0.29, 0.717) is 0 Å². The van der Waals surface area contributed by atoms with Crippen LogP contribution in [0.1, 0.15) is 20.8 Å². The Morgan fingerprint density at radius 1 is 0.400 bits per heavy atom. The lowest BCUT2D eigenvalue weighted by molar-refractivity contribution is -0.369. The Bertz CT molecular complexity index is 1560. The van der Waals surface area contributed by atoms with Gasteiger partial charge in [0.1, 0.15) is 122 Å². The molecule has 0 spiro atoms. The van der Waals surface area contributed by atoms with Gasteiger partial charge in [0.2, 0.25) is 17.7 Å². The van der Waals surface area contributed by atoms with Crippen molar-refractivity contribution in [3.63, 3.8) is 0 Å². The van der Waals surface area contributed by atoms with E-state index in [1.165, 1.54) is 0 Å². The minimum absolute atomic E-state index is 0.680. The van der Waals surface area contributed by atoms with E-state index in [2.05, 4.69) is 16.0 Å². The van der Waals surface area contributed by atoms with E-state index in [0.717, 1.165) is 20.8 Å². The average molecular weight is 952 g/mol. The van der Waals surface area contributed by atoms with E-state index in [-0.39, 0.29) is 0 Å². The second kappa shape index (κ2) is 23.2. The summed E-state index contributed by atoms with van der Waals surface area (Å²) in [6, 6.07) is -4.59. The van der Waals surface area contributed by atoms with Gasteiger partial charge < -0.3 is 130 Å². The average Bonchev–Trinajstić information content (AvgIpc) is 3.26. The predicted molar refractivity (Wildman–Crippen MR) is 201 cm³/mol. The molecule has 5 rings (SSSR count). The second-order valence-corrected chi connectivity index (χ2v) is 16.2. The number of hydrogen-bond donors (Lipinski definition) is 17. The predicted octanol–water partition coefficient (Wildman–Crippen LogP) is -11.5. The second-order valence-electron chi connectivity index (χ2n) is 16.2. The van der Waals surface area contributed by atoms with E-state index in [9.17, 15) is 85.9 Å². The summed E-state index contributed by atoms with van der Waals surface area (Å²) in [5.74, 6) is -2.14. The summed E-state index contributed by atoms with van der Waals surface area (Å²) in [4.78, 5) is 36.0. The first-order valence-corrected chi connectivity index (χ1v) is 20.6. The zero-order valence-corrected chi connectivity index (χ0v) is 35.1. The molecule has 376 valence electrons. The summed E-state index contributed by atoms with van der Waals surface area (Å²) in [5, 5.41) is 156. The Balaban J connectivity index is 1.27. The molecule has 0 aromatic heterocycles. The first-order valence-electron chi connectivity index (χ1n) is 20.6. The molecule has 0 radical (unpaired) electrons. The van der Waals surface area contributed by atoms with Gasteiger partial charge in [0, 0.05) is 20.8 Å². The molecule has 25 atom stereocenters. The third-order valence-electron chi connectivity index (χ3n) is 11.5. The normalized spacial score (nSPS) is 47.1. The van der Waals surface area contributed by atoms with Gasteiger partial charge in [-0.2, -0.15) is 0 Å². The van der Waals surface area contributed by atoms with Gasteiger partial charge in [-0.15, -0.1) is 0 Å². The molecule has 5 saturated heterocycles. The Labute approximate surface area is 369 Å². The van der Waals surface area contributed by atoms with Gasteiger partial charge in [0.05, 0.1) is 33.0 Å². The molecule has 29 heteroatoms. The van der Waals surface area contributed by atoms with E-state index in [1.54, 1.807) is 0 Å². The summed E-state index contributed by atoms with van der Waals surface area (Å²) < 4.78 is 51.0. The molecule has 0 unspecified atom stereocenters. The van der Waals surface area contributed by atoms with Crippen LogP contribution in [0, 0.1) is 0 Å². The van der Waals surface area contributed by atoms with Crippen LogP contribution in [-0.4, -0.2) is 276 Å². The van der Waals surface area contributed by atoms with Crippen molar-refractivity contribution in [1.29, 1.82) is 0 Å². The van der Waals surface area contributed by atoms with Crippen molar-refractivity contribution in [1.82, 2.24) is 16.0 Å². The molecule has 29 nitrogen and oxygen atoms in total. The number of aliphatic hydroxyl groups excluding tert-OH is 14. The minimum Gasteiger partial charge on any atom is -0.394 e. The molecule has 65 heavy (non-hydrogen) atoms. The molecule has 5 aliphatic heterocycles. The molecule has 17 N–H and O–H groups in total. The van der Waals surface area contributed by atoms with E-state index < -0.39 is 204 Å². The molecular weight excluding hydrogens is 890 g/mol. The van der Waals surface area contributed by atoms with Crippen LogP contribution < -0.4 is 16.0 Å². The molecular formula is C36H61N3O26. The fourth-order valence-electron chi connectivity index (χ4n) is 8.15. The Morgan fingerprint density at radius 2 is 0.769 bits per heavy atom. The summed E-state index contributed by atoms with van der Waals surface area (Å²) in [5.41, 5.74) is 0. The third-order valence-corrected chi connectivity index (χ3v) is 11.5. The number of hydrogen-bond acceptors (Lipinski definition) is 26. The van der Waals surface area contributed by atoms with E-state index in [1.807, 2.05) is 0 Å². The summed E-state index contributed by atoms with van der Waals surface area (Å²) >= 11 is 0. The maximum atomic E-state index is 12.3. The summed E-state index contributed by atoms with van der Waals surface area (Å²) in [7, 11) is 0. The van der Waals surface area contributed by atoms with Gasteiger partial charge in [0.15, 0.2) is 31.5 Å². The van der Waals surface area contributed by atoms with Crippen molar-refractivity contribution in [2.75, 3.05) is 33.0 Å². The van der Waals surface area contributed by atoms with Gasteiger partial charge in [-0.3, -0.25) is 14.4 Å². The van der Waals surface area contributed by atoms with Crippen molar-refractivity contribution in [3.8, 4) is 0 Å². The number of ether oxygens (including phenoxy) is 9. The van der Waals surface area contributed by atoms with Gasteiger partial charge in [-0.25, -0.2) is 0 Å². The fraction of sp³-hybridized carbons (Fsp3) is 0.917. The topological polar surface area (TPSA) is 454 Å². The highest BCUT2D eigenvalue weighted by Crippen LogP contribution is 2.34. The number of nitrogens with one attached hydrogen (secondary N) is 3. The first-order chi connectivity index (χ1) is 30.7. The lowest BCUT2D eigenvalue weighted by atomic mass is 9.94. The monoisotopic (exact) mass is 951 g/mol. The van der Waals surface area contributed by atoms with Crippen molar-refractivity contribution in [3.05, 3.63) is 0 Å². The highest BCUT2D eigenvalue weighted by molar-refractivity contribution is 5.74. The maximum Gasteiger partial charge on any atom is 0.217 e. The van der Waals surface area contributed by atoms with Crippen LogP contribution in [0.15, 0.2) is 0 Å². The molecule has 5 heterocycles. The Morgan fingerprint density at radius 3 is 1.28 bits per heavy atom. The van der Waals surface area contributed by atoms with Gasteiger partial charge in [-0.05, 0) is 0 Å². The summed E-state index contributed by atoms with van der Waals surface area (Å²) in [6.07, 6.45) is -39.1. The maximum absolute atomic E-state index is 12.3. The molecule has 5 fully saturated rings. The molecule has 0 aromatic rings. The lowest BCUT2D eigenvalue weighted by Gasteiger charge is -2.49. The van der Waals surface area contributed by atoms with Crippen LogP contribution in [-0.2, 0) is 57.0 Å². The van der Waals surface area contributed by atoms with Crippen LogP contribution >= 0.6 is 0 Å². The van der Waals surface area contributed by atoms with E-state index in [4.69, 9.17) is 42.6 Å². The minimum atomic E-state index is -2.08. The van der Waals surface area contributed by atoms with Gasteiger partial charge in [0.25, 0.3) is 0 Å². The first kappa shape index (κ1) is 53.4. The van der Waals surface area contributed by atoms with Crippen LogP contribution in [0.25, 0.3) is 0 Å². The Hall–Kier alpha value is -2.51. The highest BCUT2D eigenvalue weighted by atomic mass is 16.8. The SMILES string of the molecule is CC(=O)N[C@@H]1[C@@H](O)[C@H](O[C@@H]2O[C@H](CO)[C@@H](O[C@@H]3O[C@H](CO[C@H]4O[C@H](CO)[C@@H](O[C@@H]5O[C@H](CO)[C@@H](O)[C@H](O)[C@H]5NC(C)=O)[C@H](O)[C@@H]4O)[C@@H](O)[C@H](O)[C@@H]3O)[C@H](O)[C@H]2NC(C)=O)[C@@H](CO)O[C@H]1O.